The Kier molecular flexibility index (Phi) is 22.6. The molecule has 12 heteroatoms. The third kappa shape index (κ3) is 16.1. The van der Waals surface area contributed by atoms with Gasteiger partial charge in [0.15, 0.2) is 52.4 Å². The summed E-state index contributed by atoms with van der Waals surface area (Å²) < 4.78 is 0. The van der Waals surface area contributed by atoms with E-state index in [0.29, 0.717) is 52.4 Å². The highest BCUT2D eigenvalue weighted by atomic mass is 15.1. The van der Waals surface area contributed by atoms with Crippen molar-refractivity contribution in [3.05, 3.63) is 543 Å². The van der Waals surface area contributed by atoms with Crippen LogP contribution in [0.1, 0.15) is 72.2 Å². The molecule has 149 heavy (non-hydrogen) atoms. The van der Waals surface area contributed by atoms with Crippen molar-refractivity contribution >= 4 is 10.8 Å². The predicted octanol–water partition coefficient (Wildman–Crippen LogP) is 32.9. The van der Waals surface area contributed by atoms with E-state index in [4.69, 9.17) is 44.9 Å². The summed E-state index contributed by atoms with van der Waals surface area (Å²) in [6.07, 6.45) is 11.0. The maximum absolute atomic E-state index is 5.29. The molecule has 0 saturated carbocycles. The van der Waals surface area contributed by atoms with Gasteiger partial charge in [0.05, 0.1) is 5.41 Å². The summed E-state index contributed by atoms with van der Waals surface area (Å²) in [5.74, 6) is 5.79. The molecule has 6 aromatic heterocycles. The molecule has 0 aliphatic heterocycles. The summed E-state index contributed by atoms with van der Waals surface area (Å²) in [5, 5.41) is 2.57. The second kappa shape index (κ2) is 37.5. The normalized spacial score (nSPS) is 12.9. The molecule has 24 aromatic rings. The highest BCUT2D eigenvalue weighted by Gasteiger charge is 2.52. The van der Waals surface area contributed by atoms with Crippen molar-refractivity contribution in [2.75, 3.05) is 0 Å². The summed E-state index contributed by atoms with van der Waals surface area (Å²) in [7, 11) is 0. The van der Waals surface area contributed by atoms with Crippen LogP contribution < -0.4 is 0 Å². The molecule has 0 amide bonds. The lowest BCUT2D eigenvalue weighted by molar-refractivity contribution is 0.660. The second-order valence-electron chi connectivity index (χ2n) is 39.3. The topological polar surface area (TPSA) is 155 Å². The first-order valence-corrected chi connectivity index (χ1v) is 50.5. The third-order valence-corrected chi connectivity index (χ3v) is 30.0. The van der Waals surface area contributed by atoms with E-state index in [1.165, 1.54) is 116 Å². The molecule has 0 atom stereocenters. The molecule has 4 aliphatic rings. The average molecular weight is 1910 g/mol. The second-order valence-corrected chi connectivity index (χ2v) is 39.3. The van der Waals surface area contributed by atoms with E-state index in [1.54, 1.807) is 18.6 Å². The lowest BCUT2D eigenvalue weighted by atomic mass is 9.70. The predicted molar refractivity (Wildman–Crippen MR) is 603 cm³/mol. The molecule has 28 rings (SSSR count). The third-order valence-electron chi connectivity index (χ3n) is 30.0. The van der Waals surface area contributed by atoms with Crippen LogP contribution in [0.2, 0.25) is 0 Å². The summed E-state index contributed by atoms with van der Waals surface area (Å²) in [6, 6.07) is 162. The van der Waals surface area contributed by atoms with Crippen LogP contribution in [0.15, 0.2) is 498 Å². The van der Waals surface area contributed by atoms with Gasteiger partial charge >= 0.3 is 0 Å². The fraction of sp³-hybridized carbons (Fsp3) is 0.0511. The van der Waals surface area contributed by atoms with Gasteiger partial charge in [-0.2, -0.15) is 0 Å². The summed E-state index contributed by atoms with van der Waals surface area (Å²) in [6.45, 7) is 9.25. The molecule has 0 bridgehead atoms. The number of hydrogen-bond acceptors (Lipinski definition) is 12. The van der Waals surface area contributed by atoms with Crippen LogP contribution in [0, 0.1) is 0 Å². The van der Waals surface area contributed by atoms with Crippen LogP contribution in [-0.2, 0) is 16.2 Å². The van der Waals surface area contributed by atoms with Gasteiger partial charge in [-0.1, -0.05) is 464 Å². The van der Waals surface area contributed by atoms with Gasteiger partial charge in [-0.25, -0.2) is 44.9 Å². The number of fused-ring (bicyclic) bond motifs is 18. The summed E-state index contributed by atoms with van der Waals surface area (Å²) in [5.41, 5.74) is 41.7. The van der Waals surface area contributed by atoms with Crippen molar-refractivity contribution in [2.24, 2.45) is 0 Å². The maximum atomic E-state index is 5.29. The molecule has 0 radical (unpaired) electrons. The van der Waals surface area contributed by atoms with E-state index in [9.17, 15) is 0 Å². The number of hydrogen-bond donors (Lipinski definition) is 0. The zero-order valence-corrected chi connectivity index (χ0v) is 82.2. The first-order chi connectivity index (χ1) is 73.4. The Balaban J connectivity index is 0.000000114. The molecule has 0 N–H and O–H groups in total. The van der Waals surface area contributed by atoms with Crippen LogP contribution in [0.25, 0.3) is 225 Å². The highest BCUT2D eigenvalue weighted by molar-refractivity contribution is 6.02. The molecular formula is C137H94N12. The monoisotopic (exact) mass is 1910 g/mol. The largest absolute Gasteiger partial charge is 0.264 e. The van der Waals surface area contributed by atoms with Crippen molar-refractivity contribution in [3.63, 3.8) is 0 Å². The minimum atomic E-state index is -0.455. The van der Waals surface area contributed by atoms with Gasteiger partial charge in [0.25, 0.3) is 0 Å². The molecular weight excluding hydrogens is 1810 g/mol. The van der Waals surface area contributed by atoms with E-state index >= 15 is 0 Å². The molecule has 0 fully saturated rings. The zero-order chi connectivity index (χ0) is 99.7. The van der Waals surface area contributed by atoms with Crippen molar-refractivity contribution in [1.29, 1.82) is 0 Å². The van der Waals surface area contributed by atoms with E-state index in [2.05, 4.69) is 467 Å². The Hall–Kier alpha value is -19.3. The molecule has 0 saturated heterocycles. The first-order valence-electron chi connectivity index (χ1n) is 50.5. The van der Waals surface area contributed by atoms with Gasteiger partial charge in [-0.05, 0) is 191 Å². The maximum Gasteiger partial charge on any atom is 0.164 e. The van der Waals surface area contributed by atoms with Crippen LogP contribution >= 0.6 is 0 Å². The molecule has 6 heterocycles. The Morgan fingerprint density at radius 2 is 0.423 bits per heavy atom. The number of pyridine rings is 3. The van der Waals surface area contributed by atoms with Crippen molar-refractivity contribution in [1.82, 2.24) is 59.8 Å². The van der Waals surface area contributed by atoms with Gasteiger partial charge < -0.3 is 0 Å². The summed E-state index contributed by atoms with van der Waals surface area (Å²) >= 11 is 0. The SMILES string of the molecule is CC1(C)c2ccc(-c3nc(-c4ccc(-c5ccccc5)cc4)nc(-c4ccc(-c5cccnc5)cc4)n3)cc2-c2ccc3ccccc3c21.CC1(C)c2ccccc2-c2c(-c3nc(-c4ccc(-c5ccccc5)cc4)nc(-c4ccc(-c5cccnc5)cc4)n3)cccc21.c1ccc(-c2ccc(-c3nc(-c4ccc(-c5cccnc5)cc4)nc(-c4cccc5c4-c4ccccc4C54c5ccccc5-c5ccccc54)n3)cc2)cc1. The van der Waals surface area contributed by atoms with E-state index < -0.39 is 5.41 Å². The van der Waals surface area contributed by atoms with E-state index in [0.717, 1.165) is 100 Å². The number of benzene rings is 18. The van der Waals surface area contributed by atoms with Crippen molar-refractivity contribution in [2.45, 2.75) is 43.9 Å². The van der Waals surface area contributed by atoms with Gasteiger partial charge in [0.1, 0.15) is 0 Å². The van der Waals surface area contributed by atoms with Crippen LogP contribution in [0.5, 0.6) is 0 Å². The van der Waals surface area contributed by atoms with E-state index in [-0.39, 0.29) is 10.8 Å². The average Bonchev–Trinajstić information content (AvgIpc) is 1.51. The standard InChI is InChI=1S/C51H32N4.C45H32N4.C41H30N4/c1-2-12-33(13-3-1)34-23-27-36(28-24-34)48-53-49(37-29-25-35(26-30-37)38-14-11-31-52-32-38)55-50(54-48)42-18-10-22-46-47(42)41-17-6-9-21-45(41)51(46)43-19-7-4-15-39(43)40-16-5-8-20-44(40)51;1-45(2)40-25-23-35(27-39(40)38-24-22-32-11-6-7-13-37(32)41(38)45)44-48-42(33-18-14-30(15-19-33)29-9-4-3-5-10-29)47-43(49-44)34-20-16-31(17-21-34)36-12-8-26-46-28-36;1-41(2)35-15-7-6-13-33(35)37-34(14-8-16-36(37)41)40-44-38(30-21-17-28(18-22-30)27-10-4-3-5-11-27)43-39(45-40)31-23-19-29(20-24-31)32-12-9-25-42-26-32/h1-32H;3-28H,1-2H3;3-26H,1-2H3. The van der Waals surface area contributed by atoms with Gasteiger partial charge in [0, 0.05) is 98.1 Å². The van der Waals surface area contributed by atoms with Crippen LogP contribution in [-0.4, -0.2) is 59.8 Å². The molecule has 18 aromatic carbocycles. The van der Waals surface area contributed by atoms with Gasteiger partial charge in [0.2, 0.25) is 0 Å². The molecule has 4 aliphatic carbocycles. The minimum Gasteiger partial charge on any atom is -0.264 e. The number of rotatable bonds is 15. The quantitative estimate of drug-likeness (QED) is 0.0959. The lowest BCUT2D eigenvalue weighted by Gasteiger charge is -2.30. The van der Waals surface area contributed by atoms with E-state index in [1.807, 2.05) is 55.0 Å². The fourth-order valence-electron chi connectivity index (χ4n) is 22.7. The lowest BCUT2D eigenvalue weighted by Crippen LogP contribution is -2.25. The molecule has 702 valence electrons. The smallest absolute Gasteiger partial charge is 0.164 e. The van der Waals surface area contributed by atoms with Crippen molar-refractivity contribution in [3.8, 4) is 214 Å². The first kappa shape index (κ1) is 89.8. The Morgan fingerprint density at radius 1 is 0.154 bits per heavy atom. The Labute approximate surface area is 865 Å². The van der Waals surface area contributed by atoms with Crippen LogP contribution in [0.3, 0.4) is 0 Å². The zero-order valence-electron chi connectivity index (χ0n) is 82.2. The van der Waals surface area contributed by atoms with Gasteiger partial charge in [-0.15, -0.1) is 0 Å². The fourth-order valence-corrected chi connectivity index (χ4v) is 22.7. The van der Waals surface area contributed by atoms with Gasteiger partial charge in [-0.3, -0.25) is 15.0 Å². The Morgan fingerprint density at radius 3 is 0.812 bits per heavy atom. The minimum absolute atomic E-state index is 0.115. The van der Waals surface area contributed by atoms with Crippen molar-refractivity contribution < 1.29 is 0 Å². The highest BCUT2D eigenvalue weighted by Crippen LogP contribution is 2.65. The molecule has 1 spiro atoms. The molecule has 0 unspecified atom stereocenters. The Bertz CT molecular complexity index is 8890. The van der Waals surface area contributed by atoms with Crippen LogP contribution in [0.4, 0.5) is 0 Å². The number of nitrogens with zero attached hydrogens (tertiary/aromatic N) is 12. The molecule has 12 nitrogen and oxygen atoms in total. The number of aromatic nitrogens is 12. The summed E-state index contributed by atoms with van der Waals surface area (Å²) in [4.78, 5) is 59.1.